The molecule has 4 rings (SSSR count). The van der Waals surface area contributed by atoms with Crippen LogP contribution in [0.3, 0.4) is 0 Å². The lowest BCUT2D eigenvalue weighted by Crippen LogP contribution is -2.27. The van der Waals surface area contributed by atoms with E-state index in [9.17, 15) is 10.1 Å². The van der Waals surface area contributed by atoms with Crippen molar-refractivity contribution in [1.29, 1.82) is 5.26 Å². The van der Waals surface area contributed by atoms with Crippen LogP contribution >= 0.6 is 0 Å². The van der Waals surface area contributed by atoms with Crippen molar-refractivity contribution in [3.8, 4) is 34.5 Å². The second-order valence-electron chi connectivity index (χ2n) is 6.99. The first-order valence-electron chi connectivity index (χ1n) is 10.1. The third-order valence-electron chi connectivity index (χ3n) is 4.84. The molecular formula is C24H22N4O4. The Labute approximate surface area is 185 Å². The van der Waals surface area contributed by atoms with Gasteiger partial charge in [0.2, 0.25) is 0 Å². The Bertz CT molecular complexity index is 1180. The van der Waals surface area contributed by atoms with Gasteiger partial charge in [-0.15, -0.1) is 0 Å². The number of hydrogen-bond donors (Lipinski definition) is 1. The van der Waals surface area contributed by atoms with Gasteiger partial charge < -0.3 is 19.5 Å². The monoisotopic (exact) mass is 430 g/mol. The second-order valence-corrected chi connectivity index (χ2v) is 6.99. The van der Waals surface area contributed by atoms with Gasteiger partial charge in [0.05, 0.1) is 12.3 Å². The van der Waals surface area contributed by atoms with Crippen molar-refractivity contribution < 1.29 is 19.0 Å². The minimum atomic E-state index is -0.467. The molecule has 1 aliphatic heterocycles. The topological polar surface area (TPSA) is 98.4 Å². The van der Waals surface area contributed by atoms with Crippen LogP contribution in [-0.2, 0) is 9.53 Å². The van der Waals surface area contributed by atoms with Crippen LogP contribution in [0, 0.1) is 11.3 Å². The van der Waals surface area contributed by atoms with Gasteiger partial charge in [-0.2, -0.15) is 10.4 Å². The number of nitrogens with one attached hydrogen (secondary N) is 1. The van der Waals surface area contributed by atoms with Gasteiger partial charge in [0.1, 0.15) is 30.6 Å². The Hall–Kier alpha value is -4.09. The van der Waals surface area contributed by atoms with Crippen LogP contribution in [0.15, 0.2) is 60.3 Å². The third kappa shape index (κ3) is 4.63. The number of fused-ring (bicyclic) bond motifs is 1. The van der Waals surface area contributed by atoms with E-state index in [2.05, 4.69) is 5.32 Å². The van der Waals surface area contributed by atoms with Gasteiger partial charge in [0.25, 0.3) is 5.91 Å². The van der Waals surface area contributed by atoms with E-state index in [-0.39, 0.29) is 5.57 Å². The first kappa shape index (κ1) is 21.2. The fourth-order valence-corrected chi connectivity index (χ4v) is 3.29. The first-order chi connectivity index (χ1) is 15.7. The summed E-state index contributed by atoms with van der Waals surface area (Å²) in [5.41, 5.74) is 2.86. The fourth-order valence-electron chi connectivity index (χ4n) is 3.29. The zero-order chi connectivity index (χ0) is 22.3. The molecular weight excluding hydrogens is 408 g/mol. The van der Waals surface area contributed by atoms with Crippen molar-refractivity contribution in [3.05, 3.63) is 65.9 Å². The number of para-hydroxylation sites is 1. The lowest BCUT2D eigenvalue weighted by molar-refractivity contribution is -0.117. The summed E-state index contributed by atoms with van der Waals surface area (Å²) in [6, 6.07) is 17.2. The van der Waals surface area contributed by atoms with Crippen LogP contribution < -0.4 is 14.8 Å². The van der Waals surface area contributed by atoms with Gasteiger partial charge in [0, 0.05) is 31.0 Å². The maximum Gasteiger partial charge on any atom is 0.262 e. The summed E-state index contributed by atoms with van der Waals surface area (Å²) in [6.07, 6.45) is 3.34. The molecule has 0 saturated carbocycles. The first-order valence-corrected chi connectivity index (χ1v) is 10.1. The maximum atomic E-state index is 12.4. The number of hydrogen-bond acceptors (Lipinski definition) is 6. The number of aromatic nitrogens is 2. The van der Waals surface area contributed by atoms with Gasteiger partial charge >= 0.3 is 0 Å². The average molecular weight is 430 g/mol. The number of methoxy groups -OCH3 is 1. The summed E-state index contributed by atoms with van der Waals surface area (Å²) >= 11 is 0. The number of rotatable bonds is 7. The highest BCUT2D eigenvalue weighted by Gasteiger charge is 2.18. The highest BCUT2D eigenvalue weighted by molar-refractivity contribution is 6.02. The van der Waals surface area contributed by atoms with Crippen LogP contribution in [0.1, 0.15) is 5.56 Å². The minimum absolute atomic E-state index is 0.0208. The van der Waals surface area contributed by atoms with Crippen LogP contribution in [-0.4, -0.2) is 49.2 Å². The zero-order valence-electron chi connectivity index (χ0n) is 17.6. The van der Waals surface area contributed by atoms with Gasteiger partial charge in [-0.3, -0.25) is 4.79 Å². The fraction of sp³-hybridized carbons (Fsp3) is 0.208. The summed E-state index contributed by atoms with van der Waals surface area (Å²) < 4.78 is 18.0. The number of nitrogens with zero attached hydrogens (tertiary/aromatic N) is 3. The molecule has 162 valence electrons. The van der Waals surface area contributed by atoms with Crippen molar-refractivity contribution in [2.45, 2.75) is 0 Å². The molecule has 0 aliphatic carbocycles. The maximum absolute atomic E-state index is 12.4. The van der Waals surface area contributed by atoms with E-state index in [1.807, 2.05) is 54.6 Å². The minimum Gasteiger partial charge on any atom is -0.486 e. The van der Waals surface area contributed by atoms with E-state index in [4.69, 9.17) is 19.3 Å². The predicted molar refractivity (Wildman–Crippen MR) is 118 cm³/mol. The van der Waals surface area contributed by atoms with E-state index in [0.29, 0.717) is 49.1 Å². The smallest absolute Gasteiger partial charge is 0.262 e. The molecule has 0 bridgehead atoms. The molecule has 2 aromatic carbocycles. The lowest BCUT2D eigenvalue weighted by Gasteiger charge is -2.18. The number of nitriles is 1. The molecule has 0 unspecified atom stereocenters. The van der Waals surface area contributed by atoms with Crippen molar-refractivity contribution in [2.24, 2.45) is 0 Å². The molecule has 8 heteroatoms. The normalized spacial score (nSPS) is 12.8. The summed E-state index contributed by atoms with van der Waals surface area (Å²) in [6.45, 7) is 1.65. The molecule has 1 aliphatic rings. The van der Waals surface area contributed by atoms with Crippen LogP contribution in [0.5, 0.6) is 11.5 Å². The van der Waals surface area contributed by atoms with Gasteiger partial charge in [-0.1, -0.05) is 18.2 Å². The van der Waals surface area contributed by atoms with E-state index in [0.717, 1.165) is 11.3 Å². The Balaban J connectivity index is 1.76. The van der Waals surface area contributed by atoms with Crippen molar-refractivity contribution >= 4 is 12.0 Å². The van der Waals surface area contributed by atoms with Gasteiger partial charge in [-0.25, -0.2) is 4.68 Å². The SMILES string of the molecule is COCCNC(=O)/C(C#N)=C/c1cn(-c2ccccc2)nc1-c1ccc2c(c1)OCCO2. The molecule has 0 fully saturated rings. The van der Waals surface area contributed by atoms with E-state index >= 15 is 0 Å². The summed E-state index contributed by atoms with van der Waals surface area (Å²) in [7, 11) is 1.55. The van der Waals surface area contributed by atoms with Gasteiger partial charge in [0.15, 0.2) is 11.5 Å². The Morgan fingerprint density at radius 3 is 2.75 bits per heavy atom. The highest BCUT2D eigenvalue weighted by atomic mass is 16.6. The standard InChI is InChI=1S/C24H22N4O4/c1-30-10-9-26-24(29)18(15-25)13-19-16-28(20-5-3-2-4-6-20)27-23(19)17-7-8-21-22(14-17)32-12-11-31-21/h2-8,13-14,16H,9-12H2,1H3,(H,26,29)/b18-13+. The summed E-state index contributed by atoms with van der Waals surface area (Å²) in [5, 5.41) is 17.0. The Morgan fingerprint density at radius 1 is 1.22 bits per heavy atom. The molecule has 0 radical (unpaired) electrons. The van der Waals surface area contributed by atoms with Crippen LogP contribution in [0.2, 0.25) is 0 Å². The predicted octanol–water partition coefficient (Wildman–Crippen LogP) is 2.98. The third-order valence-corrected chi connectivity index (χ3v) is 4.84. The largest absolute Gasteiger partial charge is 0.486 e. The quantitative estimate of drug-likeness (QED) is 0.352. The number of carbonyl (C=O) groups excluding carboxylic acids is 1. The van der Waals surface area contributed by atoms with E-state index < -0.39 is 5.91 Å². The molecule has 0 saturated heterocycles. The molecule has 32 heavy (non-hydrogen) atoms. The number of carbonyl (C=O) groups is 1. The highest BCUT2D eigenvalue weighted by Crippen LogP contribution is 2.35. The van der Waals surface area contributed by atoms with E-state index in [1.54, 1.807) is 24.1 Å². The van der Waals surface area contributed by atoms with Crippen molar-refractivity contribution in [2.75, 3.05) is 33.5 Å². The van der Waals surface area contributed by atoms with Crippen molar-refractivity contribution in [3.63, 3.8) is 0 Å². The molecule has 1 amide bonds. The number of amides is 1. The molecule has 8 nitrogen and oxygen atoms in total. The van der Waals surface area contributed by atoms with Gasteiger partial charge in [-0.05, 0) is 36.4 Å². The summed E-state index contributed by atoms with van der Waals surface area (Å²) in [5.74, 6) is 0.843. The Morgan fingerprint density at radius 2 is 2.00 bits per heavy atom. The van der Waals surface area contributed by atoms with Crippen LogP contribution in [0.4, 0.5) is 0 Å². The lowest BCUT2D eigenvalue weighted by atomic mass is 10.0. The molecule has 2 heterocycles. The molecule has 1 aromatic heterocycles. The zero-order valence-corrected chi connectivity index (χ0v) is 17.6. The Kier molecular flexibility index (Phi) is 6.49. The van der Waals surface area contributed by atoms with Crippen molar-refractivity contribution in [1.82, 2.24) is 15.1 Å². The molecule has 0 spiro atoms. The second kappa shape index (κ2) is 9.81. The van der Waals surface area contributed by atoms with Crippen LogP contribution in [0.25, 0.3) is 23.0 Å². The number of ether oxygens (including phenoxy) is 3. The summed E-state index contributed by atoms with van der Waals surface area (Å²) in [4.78, 5) is 12.4. The average Bonchev–Trinajstić information content (AvgIpc) is 3.26. The molecule has 0 atom stereocenters. The number of benzene rings is 2. The van der Waals surface area contributed by atoms with E-state index in [1.165, 1.54) is 0 Å². The molecule has 1 N–H and O–H groups in total. The molecule has 3 aromatic rings.